The first-order chi connectivity index (χ1) is 10.7. The first-order valence-corrected chi connectivity index (χ1v) is 7.24. The lowest BCUT2D eigenvalue weighted by molar-refractivity contribution is 0.0520. The third-order valence-corrected chi connectivity index (χ3v) is 3.50. The van der Waals surface area contributed by atoms with Crippen molar-refractivity contribution in [3.8, 4) is 5.88 Å². The van der Waals surface area contributed by atoms with Crippen molar-refractivity contribution in [2.24, 2.45) is 0 Å². The van der Waals surface area contributed by atoms with Gasteiger partial charge in [0.15, 0.2) is 0 Å². The van der Waals surface area contributed by atoms with Gasteiger partial charge in [-0.3, -0.25) is 9.78 Å². The van der Waals surface area contributed by atoms with E-state index in [1.165, 1.54) is 6.20 Å². The van der Waals surface area contributed by atoms with E-state index in [-0.39, 0.29) is 12.0 Å². The molecule has 1 aliphatic heterocycles. The second-order valence-corrected chi connectivity index (χ2v) is 5.24. The van der Waals surface area contributed by atoms with Crippen LogP contribution in [0.2, 0.25) is 0 Å². The van der Waals surface area contributed by atoms with E-state index < -0.39 is 0 Å². The summed E-state index contributed by atoms with van der Waals surface area (Å²) >= 11 is 0. The second-order valence-electron chi connectivity index (χ2n) is 5.24. The van der Waals surface area contributed by atoms with Gasteiger partial charge < -0.3 is 9.64 Å². The van der Waals surface area contributed by atoms with Crippen LogP contribution in [-0.2, 0) is 0 Å². The molecule has 1 saturated heterocycles. The third kappa shape index (κ3) is 3.36. The normalized spacial score (nSPS) is 18.0. The lowest BCUT2D eigenvalue weighted by Gasteiger charge is -2.32. The molecule has 1 unspecified atom stereocenters. The molecule has 0 aromatic carbocycles. The highest BCUT2D eigenvalue weighted by Crippen LogP contribution is 2.17. The van der Waals surface area contributed by atoms with Gasteiger partial charge in [-0.1, -0.05) is 0 Å². The minimum Gasteiger partial charge on any atom is -0.471 e. The quantitative estimate of drug-likeness (QED) is 0.848. The zero-order chi connectivity index (χ0) is 15.4. The Kier molecular flexibility index (Phi) is 4.22. The molecule has 3 heterocycles. The summed E-state index contributed by atoms with van der Waals surface area (Å²) in [5, 5.41) is 7.70. The Morgan fingerprint density at radius 3 is 3.00 bits per heavy atom. The van der Waals surface area contributed by atoms with E-state index in [1.807, 2.05) is 6.92 Å². The Hall–Kier alpha value is -2.57. The molecule has 0 saturated carbocycles. The van der Waals surface area contributed by atoms with Crippen molar-refractivity contribution >= 4 is 5.91 Å². The van der Waals surface area contributed by atoms with Gasteiger partial charge in [0.05, 0.1) is 18.4 Å². The Balaban J connectivity index is 1.65. The van der Waals surface area contributed by atoms with Crippen molar-refractivity contribution < 1.29 is 9.53 Å². The Bertz CT molecular complexity index is 632. The maximum absolute atomic E-state index is 12.4. The summed E-state index contributed by atoms with van der Waals surface area (Å²) in [7, 11) is 0. The van der Waals surface area contributed by atoms with Crippen molar-refractivity contribution in [2.75, 3.05) is 13.1 Å². The lowest BCUT2D eigenvalue weighted by atomic mass is 10.1. The van der Waals surface area contributed by atoms with Crippen LogP contribution in [-0.4, -0.2) is 50.2 Å². The van der Waals surface area contributed by atoms with Gasteiger partial charge in [-0.25, -0.2) is 4.98 Å². The predicted molar refractivity (Wildman–Crippen MR) is 78.4 cm³/mol. The van der Waals surface area contributed by atoms with Crippen molar-refractivity contribution in [1.29, 1.82) is 0 Å². The second kappa shape index (κ2) is 6.46. The van der Waals surface area contributed by atoms with Crippen LogP contribution in [0.15, 0.2) is 30.7 Å². The maximum atomic E-state index is 12.4. The average molecular weight is 299 g/mol. The monoisotopic (exact) mass is 299 g/mol. The predicted octanol–water partition coefficient (Wildman–Crippen LogP) is 1.26. The van der Waals surface area contributed by atoms with Gasteiger partial charge in [0.1, 0.15) is 11.8 Å². The Labute approximate surface area is 128 Å². The molecule has 0 radical (unpaired) electrons. The molecule has 1 aliphatic rings. The number of ether oxygens (including phenoxy) is 1. The SMILES string of the molecule is Cc1cnc(C(=O)N2CCCC(Oc3cccnn3)C2)cn1. The molecule has 1 fully saturated rings. The zero-order valence-corrected chi connectivity index (χ0v) is 12.3. The van der Waals surface area contributed by atoms with Crippen molar-refractivity contribution in [3.63, 3.8) is 0 Å². The highest BCUT2D eigenvalue weighted by molar-refractivity contribution is 5.92. The van der Waals surface area contributed by atoms with Gasteiger partial charge in [-0.05, 0) is 25.8 Å². The van der Waals surface area contributed by atoms with E-state index in [0.29, 0.717) is 24.7 Å². The molecule has 3 rings (SSSR count). The maximum Gasteiger partial charge on any atom is 0.274 e. The number of amides is 1. The van der Waals surface area contributed by atoms with Crippen LogP contribution < -0.4 is 4.74 Å². The van der Waals surface area contributed by atoms with Crippen LogP contribution in [0.1, 0.15) is 29.0 Å². The minimum absolute atomic E-state index is 0.0761. The Morgan fingerprint density at radius 1 is 1.36 bits per heavy atom. The lowest BCUT2D eigenvalue weighted by Crippen LogP contribution is -2.44. The van der Waals surface area contributed by atoms with E-state index in [2.05, 4.69) is 20.2 Å². The highest BCUT2D eigenvalue weighted by Gasteiger charge is 2.26. The Morgan fingerprint density at radius 2 is 2.27 bits per heavy atom. The molecule has 0 spiro atoms. The summed E-state index contributed by atoms with van der Waals surface area (Å²) < 4.78 is 5.79. The number of hydrogen-bond donors (Lipinski definition) is 0. The van der Waals surface area contributed by atoms with Crippen molar-refractivity contribution in [3.05, 3.63) is 42.1 Å². The number of aryl methyl sites for hydroxylation is 1. The summed E-state index contributed by atoms with van der Waals surface area (Å²) in [6.07, 6.45) is 6.42. The van der Waals surface area contributed by atoms with E-state index in [4.69, 9.17) is 4.74 Å². The van der Waals surface area contributed by atoms with Crippen LogP contribution in [0, 0.1) is 6.92 Å². The average Bonchev–Trinajstić information content (AvgIpc) is 2.56. The number of piperidine rings is 1. The van der Waals surface area contributed by atoms with Gasteiger partial charge in [-0.2, -0.15) is 5.10 Å². The summed E-state index contributed by atoms with van der Waals surface area (Å²) in [4.78, 5) is 22.5. The molecule has 22 heavy (non-hydrogen) atoms. The number of carbonyl (C=O) groups excluding carboxylic acids is 1. The molecular weight excluding hydrogens is 282 g/mol. The summed E-state index contributed by atoms with van der Waals surface area (Å²) in [6, 6.07) is 3.54. The molecule has 0 N–H and O–H groups in total. The van der Waals surface area contributed by atoms with Crippen LogP contribution in [0.3, 0.4) is 0 Å². The fourth-order valence-electron chi connectivity index (χ4n) is 2.40. The van der Waals surface area contributed by atoms with Crippen molar-refractivity contribution in [2.45, 2.75) is 25.9 Å². The topological polar surface area (TPSA) is 81.1 Å². The first kappa shape index (κ1) is 14.4. The highest BCUT2D eigenvalue weighted by atomic mass is 16.5. The molecule has 7 heteroatoms. The number of likely N-dealkylation sites (tertiary alicyclic amines) is 1. The molecule has 114 valence electrons. The number of hydrogen-bond acceptors (Lipinski definition) is 6. The van der Waals surface area contributed by atoms with Gasteiger partial charge in [0, 0.05) is 25.0 Å². The number of aromatic nitrogens is 4. The van der Waals surface area contributed by atoms with Crippen LogP contribution in [0.4, 0.5) is 0 Å². The molecular formula is C15H17N5O2. The fourth-order valence-corrected chi connectivity index (χ4v) is 2.40. The van der Waals surface area contributed by atoms with Crippen LogP contribution in [0.25, 0.3) is 0 Å². The summed E-state index contributed by atoms with van der Waals surface area (Å²) in [6.45, 7) is 3.06. The number of carbonyl (C=O) groups is 1. The van der Waals surface area contributed by atoms with E-state index in [0.717, 1.165) is 18.5 Å². The molecule has 1 atom stereocenters. The standard InChI is InChI=1S/C15H17N5O2/c1-11-8-17-13(9-16-11)15(21)20-7-3-4-12(10-20)22-14-5-2-6-18-19-14/h2,5-6,8-9,12H,3-4,7,10H2,1H3. The molecule has 2 aromatic heterocycles. The van der Waals surface area contributed by atoms with Gasteiger partial charge in [0.2, 0.25) is 5.88 Å². The van der Waals surface area contributed by atoms with E-state index in [1.54, 1.807) is 29.4 Å². The largest absolute Gasteiger partial charge is 0.471 e. The van der Waals surface area contributed by atoms with Gasteiger partial charge in [0.25, 0.3) is 5.91 Å². The molecule has 2 aromatic rings. The molecule has 0 bridgehead atoms. The number of rotatable bonds is 3. The number of nitrogens with zero attached hydrogens (tertiary/aromatic N) is 5. The third-order valence-electron chi connectivity index (χ3n) is 3.50. The van der Waals surface area contributed by atoms with E-state index >= 15 is 0 Å². The minimum atomic E-state index is -0.111. The van der Waals surface area contributed by atoms with Crippen molar-refractivity contribution in [1.82, 2.24) is 25.1 Å². The first-order valence-electron chi connectivity index (χ1n) is 7.24. The van der Waals surface area contributed by atoms with Gasteiger partial charge in [-0.15, -0.1) is 5.10 Å². The van der Waals surface area contributed by atoms with Gasteiger partial charge >= 0.3 is 0 Å². The molecule has 0 aliphatic carbocycles. The van der Waals surface area contributed by atoms with Crippen LogP contribution >= 0.6 is 0 Å². The zero-order valence-electron chi connectivity index (χ0n) is 12.3. The summed E-state index contributed by atoms with van der Waals surface area (Å²) in [5.74, 6) is 0.372. The fraction of sp³-hybridized carbons (Fsp3) is 0.400. The molecule has 7 nitrogen and oxygen atoms in total. The van der Waals surface area contributed by atoms with E-state index in [9.17, 15) is 4.79 Å². The summed E-state index contributed by atoms with van der Waals surface area (Å²) in [5.41, 5.74) is 1.16. The van der Waals surface area contributed by atoms with Crippen LogP contribution in [0.5, 0.6) is 5.88 Å². The molecule has 1 amide bonds. The smallest absolute Gasteiger partial charge is 0.274 e.